The van der Waals surface area contributed by atoms with E-state index in [0.29, 0.717) is 12.8 Å². The molecule has 4 heteroatoms. The fourth-order valence-corrected chi connectivity index (χ4v) is 1.61. The first-order valence-electron chi connectivity index (χ1n) is 7.16. The first-order valence-corrected chi connectivity index (χ1v) is 8.08. The molecule has 0 aromatic carbocycles. The second-order valence-corrected chi connectivity index (χ2v) is 4.89. The molecule has 0 fully saturated rings. The Balaban J connectivity index is 0. The second-order valence-electron chi connectivity index (χ2n) is 4.36. The van der Waals surface area contributed by atoms with E-state index in [2.05, 4.69) is 51.5 Å². The Morgan fingerprint density at radius 3 is 2.00 bits per heavy atom. The number of aliphatic carboxylic acids is 1. The fraction of sp³-hybridized carbons (Fsp3) is 0.500. The van der Waals surface area contributed by atoms with Gasteiger partial charge in [-0.3, -0.25) is 0 Å². The summed E-state index contributed by atoms with van der Waals surface area (Å²) in [6.07, 6.45) is 9.34. The molecule has 0 radical (unpaired) electrons. The van der Waals surface area contributed by atoms with Crippen LogP contribution in [0.5, 0.6) is 0 Å². The van der Waals surface area contributed by atoms with E-state index in [4.69, 9.17) is 0 Å². The number of carboxylic acids is 1. The van der Waals surface area contributed by atoms with Gasteiger partial charge in [0.15, 0.2) is 0 Å². The molecule has 0 aliphatic rings. The van der Waals surface area contributed by atoms with E-state index in [0.717, 1.165) is 25.7 Å². The number of rotatable bonds is 8. The van der Waals surface area contributed by atoms with Gasteiger partial charge in [-0.2, -0.15) is 0 Å². The zero-order chi connectivity index (χ0) is 15.6. The standard InChI is InChI=1S/C18H21BrO2.Na/c19-17-15-13-11-9-7-5-3-1-2-4-6-8-10-12-14-16-18(20)21;/h15,17H,1-3,5,7,9,12,14,16H2,(H,20,21);/q;+1/p-1/b17-15+;. The van der Waals surface area contributed by atoms with Gasteiger partial charge in [-0.15, -0.1) is 0 Å². The van der Waals surface area contributed by atoms with Crippen molar-refractivity contribution in [2.75, 3.05) is 0 Å². The SMILES string of the molecule is O=C([O-])CCCC#CC#CCCCCCCC#C/C=C/Br.[Na+]. The van der Waals surface area contributed by atoms with Crippen LogP contribution in [0, 0.1) is 35.5 Å². The Morgan fingerprint density at radius 1 is 0.909 bits per heavy atom. The van der Waals surface area contributed by atoms with Gasteiger partial charge in [-0.25, -0.2) is 0 Å². The minimum absolute atomic E-state index is 0. The Bertz CT molecular complexity index is 492. The third kappa shape index (κ3) is 21.7. The van der Waals surface area contributed by atoms with Crippen LogP contribution in [0.1, 0.15) is 57.8 Å². The molecule has 0 aromatic rings. The Labute approximate surface area is 164 Å². The summed E-state index contributed by atoms with van der Waals surface area (Å²) in [6.45, 7) is 0. The van der Waals surface area contributed by atoms with Crippen molar-refractivity contribution < 1.29 is 39.5 Å². The molecule has 0 aliphatic heterocycles. The number of carboxylic acid groups (broad SMARTS) is 1. The predicted octanol–water partition coefficient (Wildman–Crippen LogP) is 0.170. The molecule has 0 aliphatic carbocycles. The number of hydrogen-bond donors (Lipinski definition) is 0. The first-order chi connectivity index (χ1) is 10.3. The number of allylic oxidation sites excluding steroid dienone is 1. The zero-order valence-corrected chi connectivity index (χ0v) is 16.8. The van der Waals surface area contributed by atoms with Crippen molar-refractivity contribution in [3.05, 3.63) is 11.1 Å². The molecule has 0 atom stereocenters. The van der Waals surface area contributed by atoms with Crippen molar-refractivity contribution in [3.8, 4) is 35.5 Å². The molecule has 0 saturated carbocycles. The van der Waals surface area contributed by atoms with E-state index in [1.807, 2.05) is 0 Å². The fourth-order valence-electron chi connectivity index (χ4n) is 1.48. The van der Waals surface area contributed by atoms with Crippen LogP contribution in [0.3, 0.4) is 0 Å². The zero-order valence-electron chi connectivity index (χ0n) is 13.2. The molecule has 0 amide bonds. The quantitative estimate of drug-likeness (QED) is 0.347. The van der Waals surface area contributed by atoms with Crippen molar-refractivity contribution in [1.29, 1.82) is 0 Å². The smallest absolute Gasteiger partial charge is 0.550 e. The molecule has 0 rings (SSSR count). The first kappa shape index (κ1) is 23.6. The summed E-state index contributed by atoms with van der Waals surface area (Å²) in [5.41, 5.74) is 0. The molecular weight excluding hydrogens is 351 g/mol. The van der Waals surface area contributed by atoms with Gasteiger partial charge in [-0.05, 0) is 48.6 Å². The van der Waals surface area contributed by atoms with Gasteiger partial charge in [0, 0.05) is 25.2 Å². The molecule has 0 spiro atoms. The number of halogens is 1. The predicted molar refractivity (Wildman–Crippen MR) is 88.0 cm³/mol. The molecule has 0 N–H and O–H groups in total. The van der Waals surface area contributed by atoms with Gasteiger partial charge in [-0.1, -0.05) is 52.5 Å². The second kappa shape index (κ2) is 20.4. The number of unbranched alkanes of at least 4 members (excludes halogenated alkanes) is 6. The molecule has 0 bridgehead atoms. The van der Waals surface area contributed by atoms with Crippen LogP contribution >= 0.6 is 15.9 Å². The van der Waals surface area contributed by atoms with E-state index in [1.165, 1.54) is 12.8 Å². The van der Waals surface area contributed by atoms with Crippen molar-refractivity contribution in [2.24, 2.45) is 0 Å². The summed E-state index contributed by atoms with van der Waals surface area (Å²) in [4.78, 5) is 11.9. The molecular formula is C18H20BrNaO2. The number of hydrogen-bond acceptors (Lipinski definition) is 2. The van der Waals surface area contributed by atoms with Crippen molar-refractivity contribution in [2.45, 2.75) is 57.8 Å². The van der Waals surface area contributed by atoms with Crippen LogP contribution in [0.4, 0.5) is 0 Å². The molecule has 112 valence electrons. The van der Waals surface area contributed by atoms with Gasteiger partial charge in [0.05, 0.1) is 0 Å². The maximum absolute atomic E-state index is 10.1. The van der Waals surface area contributed by atoms with Gasteiger partial charge >= 0.3 is 29.6 Å². The average Bonchev–Trinajstić information content (AvgIpc) is 2.46. The van der Waals surface area contributed by atoms with Crippen LogP contribution in [0.25, 0.3) is 0 Å². The average molecular weight is 371 g/mol. The molecule has 22 heavy (non-hydrogen) atoms. The third-order valence-corrected chi connectivity index (χ3v) is 2.79. The monoisotopic (exact) mass is 370 g/mol. The third-order valence-electron chi connectivity index (χ3n) is 2.52. The van der Waals surface area contributed by atoms with Crippen molar-refractivity contribution in [1.82, 2.24) is 0 Å². The summed E-state index contributed by atoms with van der Waals surface area (Å²) in [5, 5.41) is 10.1. The van der Waals surface area contributed by atoms with Gasteiger partial charge in [0.2, 0.25) is 0 Å². The summed E-state index contributed by atoms with van der Waals surface area (Å²) in [6, 6.07) is 0. The van der Waals surface area contributed by atoms with E-state index in [-0.39, 0.29) is 36.0 Å². The number of carbonyl (C=O) groups excluding carboxylic acids is 1. The van der Waals surface area contributed by atoms with E-state index in [1.54, 1.807) is 11.1 Å². The Hall–Kier alpha value is -0.630. The summed E-state index contributed by atoms with van der Waals surface area (Å²) in [5.74, 6) is 16.4. The van der Waals surface area contributed by atoms with Crippen LogP contribution < -0.4 is 34.7 Å². The van der Waals surface area contributed by atoms with Gasteiger partial charge in [0.25, 0.3) is 0 Å². The minimum Gasteiger partial charge on any atom is -0.550 e. The van der Waals surface area contributed by atoms with E-state index < -0.39 is 5.97 Å². The van der Waals surface area contributed by atoms with E-state index in [9.17, 15) is 9.90 Å². The normalized spacial score (nSPS) is 8.59. The molecule has 0 aromatic heterocycles. The topological polar surface area (TPSA) is 40.1 Å². The van der Waals surface area contributed by atoms with Crippen LogP contribution in [-0.2, 0) is 4.79 Å². The molecule has 0 heterocycles. The maximum Gasteiger partial charge on any atom is 1.00 e. The summed E-state index contributed by atoms with van der Waals surface area (Å²) in [7, 11) is 0. The molecule has 0 unspecified atom stereocenters. The van der Waals surface area contributed by atoms with Gasteiger partial charge in [0.1, 0.15) is 0 Å². The molecule has 2 nitrogen and oxygen atoms in total. The molecule has 0 saturated heterocycles. The van der Waals surface area contributed by atoms with Crippen LogP contribution in [0.2, 0.25) is 0 Å². The minimum atomic E-state index is -1.02. The maximum atomic E-state index is 10.1. The van der Waals surface area contributed by atoms with Crippen molar-refractivity contribution in [3.63, 3.8) is 0 Å². The largest absolute Gasteiger partial charge is 1.00 e. The van der Waals surface area contributed by atoms with Crippen LogP contribution in [-0.4, -0.2) is 5.97 Å². The van der Waals surface area contributed by atoms with Gasteiger partial charge < -0.3 is 9.90 Å². The number of carbonyl (C=O) groups is 1. The summed E-state index contributed by atoms with van der Waals surface area (Å²) >= 11 is 3.16. The Kier molecular flexibility index (Phi) is 21.9. The van der Waals surface area contributed by atoms with Crippen LogP contribution in [0.15, 0.2) is 11.1 Å². The Morgan fingerprint density at radius 2 is 1.45 bits per heavy atom. The van der Waals surface area contributed by atoms with E-state index >= 15 is 0 Å². The van der Waals surface area contributed by atoms with Crippen molar-refractivity contribution >= 4 is 21.9 Å². The summed E-state index contributed by atoms with van der Waals surface area (Å²) < 4.78 is 0.